The molecule has 2 N–H and O–H groups in total. The molecule has 0 aliphatic rings. The highest BCUT2D eigenvalue weighted by atomic mass is 19.4. The van der Waals surface area contributed by atoms with E-state index in [1.54, 1.807) is 7.05 Å². The van der Waals surface area contributed by atoms with Crippen LogP contribution in [0.3, 0.4) is 0 Å². The van der Waals surface area contributed by atoms with Crippen molar-refractivity contribution in [2.24, 2.45) is 0 Å². The molecular weight excluding hydrogens is 223 g/mol. The first-order valence-corrected chi connectivity index (χ1v) is 4.60. The summed E-state index contributed by atoms with van der Waals surface area (Å²) in [5, 5.41) is 11.8. The van der Waals surface area contributed by atoms with E-state index in [0.717, 1.165) is 0 Å². The predicted octanol–water partition coefficient (Wildman–Crippen LogP) is 1.84. The lowest BCUT2D eigenvalue weighted by atomic mass is 10.1. The summed E-state index contributed by atoms with van der Waals surface area (Å²) in [4.78, 5) is 0. The molecular formula is C10H12F3NO2. The van der Waals surface area contributed by atoms with Gasteiger partial charge in [-0.05, 0) is 24.7 Å². The van der Waals surface area contributed by atoms with Gasteiger partial charge in [0.15, 0.2) is 0 Å². The second kappa shape index (κ2) is 5.18. The van der Waals surface area contributed by atoms with Gasteiger partial charge in [0, 0.05) is 0 Å². The number of ether oxygens (including phenoxy) is 1. The molecule has 0 bridgehead atoms. The average molecular weight is 235 g/mol. The van der Waals surface area contributed by atoms with E-state index in [9.17, 15) is 13.2 Å². The summed E-state index contributed by atoms with van der Waals surface area (Å²) in [7, 11) is 1.65. The number of alkyl halides is 3. The van der Waals surface area contributed by atoms with Crippen LogP contribution in [0.4, 0.5) is 13.2 Å². The van der Waals surface area contributed by atoms with E-state index in [2.05, 4.69) is 10.1 Å². The Morgan fingerprint density at radius 2 is 1.88 bits per heavy atom. The van der Waals surface area contributed by atoms with E-state index < -0.39 is 6.36 Å². The van der Waals surface area contributed by atoms with Gasteiger partial charge in [0.05, 0.1) is 12.6 Å². The highest BCUT2D eigenvalue weighted by Crippen LogP contribution is 2.24. The van der Waals surface area contributed by atoms with Crippen LogP contribution in [0.1, 0.15) is 11.6 Å². The van der Waals surface area contributed by atoms with Crippen LogP contribution in [0.5, 0.6) is 5.75 Å². The zero-order chi connectivity index (χ0) is 12.2. The van der Waals surface area contributed by atoms with E-state index >= 15 is 0 Å². The molecule has 6 heteroatoms. The maximum atomic E-state index is 11.9. The first-order chi connectivity index (χ1) is 7.46. The zero-order valence-corrected chi connectivity index (χ0v) is 8.58. The number of hydrogen-bond acceptors (Lipinski definition) is 3. The molecule has 0 aliphatic heterocycles. The minimum atomic E-state index is -4.68. The fraction of sp³-hybridized carbons (Fsp3) is 0.400. The Labute approximate surface area is 90.8 Å². The normalized spacial score (nSPS) is 13.6. The molecule has 90 valence electrons. The van der Waals surface area contributed by atoms with Crippen molar-refractivity contribution < 1.29 is 23.0 Å². The Balaban J connectivity index is 2.75. The maximum Gasteiger partial charge on any atom is 0.573 e. The molecule has 0 spiro atoms. The van der Waals surface area contributed by atoms with Crippen LogP contribution in [-0.2, 0) is 0 Å². The van der Waals surface area contributed by atoms with Crippen LogP contribution in [0.25, 0.3) is 0 Å². The third-order valence-electron chi connectivity index (χ3n) is 2.05. The lowest BCUT2D eigenvalue weighted by Crippen LogP contribution is -2.20. The SMILES string of the molecule is CN[C@@H](CO)c1ccc(OC(F)(F)F)cc1. The van der Waals surface area contributed by atoms with E-state index in [-0.39, 0.29) is 18.4 Å². The van der Waals surface area contributed by atoms with Gasteiger partial charge in [-0.1, -0.05) is 12.1 Å². The molecule has 1 aromatic rings. The van der Waals surface area contributed by atoms with Crippen LogP contribution in [-0.4, -0.2) is 25.1 Å². The lowest BCUT2D eigenvalue weighted by molar-refractivity contribution is -0.274. The standard InChI is InChI=1S/C10H12F3NO2/c1-14-9(6-15)7-2-4-8(5-3-7)16-10(11,12)13/h2-5,9,14-15H,6H2,1H3/t9-/m0/s1. The van der Waals surface area contributed by atoms with Gasteiger partial charge in [0.1, 0.15) is 5.75 Å². The Hall–Kier alpha value is -1.27. The number of aliphatic hydroxyl groups excluding tert-OH is 1. The minimum absolute atomic E-state index is 0.129. The first-order valence-electron chi connectivity index (χ1n) is 4.60. The molecule has 0 radical (unpaired) electrons. The third-order valence-corrected chi connectivity index (χ3v) is 2.05. The first kappa shape index (κ1) is 12.8. The second-order valence-electron chi connectivity index (χ2n) is 3.14. The van der Waals surface area contributed by atoms with Gasteiger partial charge in [-0.2, -0.15) is 0 Å². The van der Waals surface area contributed by atoms with E-state index in [1.807, 2.05) is 0 Å². The van der Waals surface area contributed by atoms with Gasteiger partial charge >= 0.3 is 6.36 Å². The molecule has 3 nitrogen and oxygen atoms in total. The number of benzene rings is 1. The van der Waals surface area contributed by atoms with E-state index in [1.165, 1.54) is 24.3 Å². The summed E-state index contributed by atoms with van der Waals surface area (Å²) < 4.78 is 39.3. The fourth-order valence-electron chi connectivity index (χ4n) is 1.27. The molecule has 0 saturated carbocycles. The van der Waals surface area contributed by atoms with Crippen molar-refractivity contribution in [3.63, 3.8) is 0 Å². The highest BCUT2D eigenvalue weighted by Gasteiger charge is 2.31. The monoisotopic (exact) mass is 235 g/mol. The predicted molar refractivity (Wildman–Crippen MR) is 52.0 cm³/mol. The Bertz CT molecular complexity index is 320. The maximum absolute atomic E-state index is 11.9. The largest absolute Gasteiger partial charge is 0.573 e. The molecule has 0 heterocycles. The number of likely N-dealkylation sites (N-methyl/N-ethyl adjacent to an activating group) is 1. The smallest absolute Gasteiger partial charge is 0.406 e. The van der Waals surface area contributed by atoms with Crippen LogP contribution < -0.4 is 10.1 Å². The molecule has 0 saturated heterocycles. The molecule has 0 unspecified atom stereocenters. The third kappa shape index (κ3) is 3.71. The second-order valence-corrected chi connectivity index (χ2v) is 3.14. The van der Waals surface area contributed by atoms with Crippen LogP contribution in [0.2, 0.25) is 0 Å². The molecule has 0 amide bonds. The van der Waals surface area contributed by atoms with Crippen LogP contribution >= 0.6 is 0 Å². The molecule has 0 fully saturated rings. The van der Waals surface area contributed by atoms with Crippen LogP contribution in [0.15, 0.2) is 24.3 Å². The van der Waals surface area contributed by atoms with E-state index in [4.69, 9.17) is 5.11 Å². The van der Waals surface area contributed by atoms with Crippen molar-refractivity contribution in [3.05, 3.63) is 29.8 Å². The quantitative estimate of drug-likeness (QED) is 0.836. The number of hydrogen-bond donors (Lipinski definition) is 2. The van der Waals surface area contributed by atoms with Crippen molar-refractivity contribution >= 4 is 0 Å². The summed E-state index contributed by atoms with van der Waals surface area (Å²) in [5.41, 5.74) is 0.694. The molecule has 0 aromatic heterocycles. The average Bonchev–Trinajstić information content (AvgIpc) is 2.20. The summed E-state index contributed by atoms with van der Waals surface area (Å²) in [6, 6.07) is 5.07. The topological polar surface area (TPSA) is 41.5 Å². The minimum Gasteiger partial charge on any atom is -0.406 e. The Morgan fingerprint density at radius 3 is 2.25 bits per heavy atom. The summed E-state index contributed by atoms with van der Waals surface area (Å²) in [6.45, 7) is -0.129. The zero-order valence-electron chi connectivity index (χ0n) is 8.58. The van der Waals surface area contributed by atoms with Crippen molar-refractivity contribution in [1.82, 2.24) is 5.32 Å². The van der Waals surface area contributed by atoms with Gasteiger partial charge in [-0.15, -0.1) is 13.2 Å². The summed E-state index contributed by atoms with van der Waals surface area (Å²) in [5.74, 6) is -0.274. The number of nitrogens with one attached hydrogen (secondary N) is 1. The number of halogens is 3. The lowest BCUT2D eigenvalue weighted by Gasteiger charge is -2.14. The van der Waals surface area contributed by atoms with E-state index in [0.29, 0.717) is 5.56 Å². The van der Waals surface area contributed by atoms with Gasteiger partial charge in [0.2, 0.25) is 0 Å². The highest BCUT2D eigenvalue weighted by molar-refractivity contribution is 5.29. The molecule has 16 heavy (non-hydrogen) atoms. The van der Waals surface area contributed by atoms with Crippen molar-refractivity contribution in [1.29, 1.82) is 0 Å². The molecule has 1 rings (SSSR count). The number of rotatable bonds is 4. The number of aliphatic hydroxyl groups is 1. The van der Waals surface area contributed by atoms with Crippen LogP contribution in [0, 0.1) is 0 Å². The van der Waals surface area contributed by atoms with Crippen molar-refractivity contribution in [3.8, 4) is 5.75 Å². The summed E-state index contributed by atoms with van der Waals surface area (Å²) in [6.07, 6.45) is -4.68. The Morgan fingerprint density at radius 1 is 1.31 bits per heavy atom. The van der Waals surface area contributed by atoms with Gasteiger partial charge in [-0.3, -0.25) is 0 Å². The molecule has 0 aliphatic carbocycles. The summed E-state index contributed by atoms with van der Waals surface area (Å²) >= 11 is 0. The van der Waals surface area contributed by atoms with Gasteiger partial charge in [-0.25, -0.2) is 0 Å². The van der Waals surface area contributed by atoms with Gasteiger partial charge < -0.3 is 15.2 Å². The molecule has 1 aromatic carbocycles. The molecule has 1 atom stereocenters. The van der Waals surface area contributed by atoms with Crippen molar-refractivity contribution in [2.45, 2.75) is 12.4 Å². The van der Waals surface area contributed by atoms with Gasteiger partial charge in [0.25, 0.3) is 0 Å². The fourth-order valence-corrected chi connectivity index (χ4v) is 1.27. The van der Waals surface area contributed by atoms with Crippen molar-refractivity contribution in [2.75, 3.05) is 13.7 Å². The Kier molecular flexibility index (Phi) is 4.14.